The first-order valence-corrected chi connectivity index (χ1v) is 5.34. The van der Waals surface area contributed by atoms with Gasteiger partial charge in [-0.1, -0.05) is 12.1 Å². The van der Waals surface area contributed by atoms with Crippen LogP contribution in [0.5, 0.6) is 0 Å². The smallest absolute Gasteiger partial charge is 0.0657 e. The van der Waals surface area contributed by atoms with Gasteiger partial charge in [0, 0.05) is 7.11 Å². The van der Waals surface area contributed by atoms with Crippen molar-refractivity contribution in [2.75, 3.05) is 20.8 Å². The Morgan fingerprint density at radius 2 is 1.73 bits per heavy atom. The lowest BCUT2D eigenvalue weighted by atomic mass is 9.96. The fourth-order valence-corrected chi connectivity index (χ4v) is 1.85. The minimum Gasteiger partial charge on any atom is -0.383 e. The van der Waals surface area contributed by atoms with Gasteiger partial charge in [0.2, 0.25) is 0 Å². The fourth-order valence-electron chi connectivity index (χ4n) is 1.85. The van der Waals surface area contributed by atoms with Gasteiger partial charge in [-0.05, 0) is 50.1 Å². The van der Waals surface area contributed by atoms with Crippen LogP contribution in [0.3, 0.4) is 0 Å². The minimum absolute atomic E-state index is 0.286. The topological polar surface area (TPSA) is 21.3 Å². The molecule has 0 radical (unpaired) electrons. The van der Waals surface area contributed by atoms with Crippen LogP contribution >= 0.6 is 0 Å². The Balaban J connectivity index is 3.06. The first-order valence-electron chi connectivity index (χ1n) is 5.34. The molecule has 0 aliphatic rings. The molecule has 0 aliphatic heterocycles. The molecule has 0 bridgehead atoms. The Morgan fingerprint density at radius 1 is 1.13 bits per heavy atom. The summed E-state index contributed by atoms with van der Waals surface area (Å²) in [5, 5.41) is 3.28. The molecule has 0 fully saturated rings. The van der Waals surface area contributed by atoms with Crippen LogP contribution in [0.15, 0.2) is 12.1 Å². The highest BCUT2D eigenvalue weighted by atomic mass is 16.5. The molecule has 1 aromatic rings. The molecule has 0 aliphatic carbocycles. The van der Waals surface area contributed by atoms with E-state index in [0.29, 0.717) is 6.61 Å². The zero-order chi connectivity index (χ0) is 11.4. The number of methoxy groups -OCH3 is 1. The van der Waals surface area contributed by atoms with Gasteiger partial charge in [-0.15, -0.1) is 0 Å². The van der Waals surface area contributed by atoms with Crippen molar-refractivity contribution in [3.05, 3.63) is 34.4 Å². The maximum atomic E-state index is 5.21. The van der Waals surface area contributed by atoms with Gasteiger partial charge >= 0.3 is 0 Å². The molecule has 1 atom stereocenters. The first kappa shape index (κ1) is 12.2. The Labute approximate surface area is 92.6 Å². The molecule has 15 heavy (non-hydrogen) atoms. The van der Waals surface area contributed by atoms with Crippen LogP contribution in [-0.4, -0.2) is 20.8 Å². The Hall–Kier alpha value is -0.860. The maximum absolute atomic E-state index is 5.21. The van der Waals surface area contributed by atoms with Crippen molar-refractivity contribution in [3.63, 3.8) is 0 Å². The zero-order valence-electron chi connectivity index (χ0n) is 10.3. The average molecular weight is 207 g/mol. The van der Waals surface area contributed by atoms with Crippen molar-refractivity contribution in [1.29, 1.82) is 0 Å². The highest BCUT2D eigenvalue weighted by Crippen LogP contribution is 2.21. The van der Waals surface area contributed by atoms with Crippen LogP contribution in [0, 0.1) is 20.8 Å². The molecule has 1 rings (SSSR count). The van der Waals surface area contributed by atoms with Gasteiger partial charge < -0.3 is 10.1 Å². The molecule has 0 spiro atoms. The largest absolute Gasteiger partial charge is 0.383 e. The molecule has 0 heterocycles. The number of nitrogens with one attached hydrogen (secondary N) is 1. The fraction of sp³-hybridized carbons (Fsp3) is 0.538. The van der Waals surface area contributed by atoms with Gasteiger partial charge in [-0.3, -0.25) is 0 Å². The standard InChI is InChI=1S/C13H21NO/c1-9-6-11(3)12(7-10(9)2)13(14-4)8-15-5/h6-7,13-14H,8H2,1-5H3. The molecule has 2 heteroatoms. The second-order valence-electron chi connectivity index (χ2n) is 4.09. The number of hydrogen-bond acceptors (Lipinski definition) is 2. The van der Waals surface area contributed by atoms with Crippen LogP contribution in [0.4, 0.5) is 0 Å². The summed E-state index contributed by atoms with van der Waals surface area (Å²) in [4.78, 5) is 0. The van der Waals surface area contributed by atoms with Gasteiger partial charge in [0.15, 0.2) is 0 Å². The first-order chi connectivity index (χ1) is 7.10. The van der Waals surface area contributed by atoms with Crippen molar-refractivity contribution in [1.82, 2.24) is 5.32 Å². The summed E-state index contributed by atoms with van der Waals surface area (Å²) < 4.78 is 5.21. The van der Waals surface area contributed by atoms with E-state index in [-0.39, 0.29) is 6.04 Å². The summed E-state index contributed by atoms with van der Waals surface area (Å²) in [7, 11) is 3.71. The van der Waals surface area contributed by atoms with Gasteiger partial charge in [-0.2, -0.15) is 0 Å². The van der Waals surface area contributed by atoms with Crippen molar-refractivity contribution in [3.8, 4) is 0 Å². The monoisotopic (exact) mass is 207 g/mol. The minimum atomic E-state index is 0.286. The van der Waals surface area contributed by atoms with Gasteiger partial charge in [0.1, 0.15) is 0 Å². The number of hydrogen-bond donors (Lipinski definition) is 1. The van der Waals surface area contributed by atoms with Crippen LogP contribution in [0.25, 0.3) is 0 Å². The third-order valence-corrected chi connectivity index (χ3v) is 2.94. The lowest BCUT2D eigenvalue weighted by molar-refractivity contribution is 0.170. The molecule has 2 nitrogen and oxygen atoms in total. The molecule has 0 saturated heterocycles. The lowest BCUT2D eigenvalue weighted by Crippen LogP contribution is -2.22. The Kier molecular flexibility index (Phi) is 4.30. The van der Waals surface area contributed by atoms with E-state index in [4.69, 9.17) is 4.74 Å². The number of aryl methyl sites for hydroxylation is 3. The summed E-state index contributed by atoms with van der Waals surface area (Å²) in [5.41, 5.74) is 5.35. The van der Waals surface area contributed by atoms with Gasteiger partial charge in [-0.25, -0.2) is 0 Å². The second kappa shape index (κ2) is 5.29. The lowest BCUT2D eigenvalue weighted by Gasteiger charge is -2.19. The highest BCUT2D eigenvalue weighted by molar-refractivity contribution is 5.38. The molecular weight excluding hydrogens is 186 g/mol. The third kappa shape index (κ3) is 2.80. The van der Waals surface area contributed by atoms with Crippen molar-refractivity contribution in [2.45, 2.75) is 26.8 Å². The van der Waals surface area contributed by atoms with Crippen LogP contribution in [-0.2, 0) is 4.74 Å². The van der Waals surface area contributed by atoms with E-state index in [1.165, 1.54) is 22.3 Å². The Morgan fingerprint density at radius 3 is 2.27 bits per heavy atom. The second-order valence-corrected chi connectivity index (χ2v) is 4.09. The van der Waals surface area contributed by atoms with E-state index in [9.17, 15) is 0 Å². The van der Waals surface area contributed by atoms with Crippen molar-refractivity contribution < 1.29 is 4.74 Å². The molecule has 84 valence electrons. The molecule has 1 N–H and O–H groups in total. The molecule has 1 aromatic carbocycles. The van der Waals surface area contributed by atoms with E-state index in [0.717, 1.165) is 0 Å². The van der Waals surface area contributed by atoms with E-state index in [1.807, 2.05) is 7.05 Å². The highest BCUT2D eigenvalue weighted by Gasteiger charge is 2.12. The van der Waals surface area contributed by atoms with E-state index in [1.54, 1.807) is 7.11 Å². The number of rotatable bonds is 4. The SMILES string of the molecule is CNC(COC)c1cc(C)c(C)cc1C. The van der Waals surface area contributed by atoms with Gasteiger partial charge in [0.25, 0.3) is 0 Å². The molecule has 1 unspecified atom stereocenters. The van der Waals surface area contributed by atoms with E-state index < -0.39 is 0 Å². The zero-order valence-corrected chi connectivity index (χ0v) is 10.3. The van der Waals surface area contributed by atoms with Crippen LogP contribution in [0.2, 0.25) is 0 Å². The Bertz CT molecular complexity index is 334. The van der Waals surface area contributed by atoms with Crippen LogP contribution < -0.4 is 5.32 Å². The summed E-state index contributed by atoms with van der Waals surface area (Å²) in [6.45, 7) is 7.16. The van der Waals surface area contributed by atoms with Crippen LogP contribution in [0.1, 0.15) is 28.3 Å². The summed E-state index contributed by atoms with van der Waals surface area (Å²) in [5.74, 6) is 0. The number of ether oxygens (including phenoxy) is 1. The predicted octanol–water partition coefficient (Wildman–Crippen LogP) is 2.52. The van der Waals surface area contributed by atoms with Crippen molar-refractivity contribution in [2.24, 2.45) is 0 Å². The number of benzene rings is 1. The summed E-state index contributed by atoms with van der Waals surface area (Å²) in [6.07, 6.45) is 0. The molecule has 0 amide bonds. The molecule has 0 aromatic heterocycles. The molecular formula is C13H21NO. The summed E-state index contributed by atoms with van der Waals surface area (Å²) in [6, 6.07) is 4.78. The average Bonchev–Trinajstić information content (AvgIpc) is 2.20. The quantitative estimate of drug-likeness (QED) is 0.819. The maximum Gasteiger partial charge on any atom is 0.0657 e. The van der Waals surface area contributed by atoms with Gasteiger partial charge in [0.05, 0.1) is 12.6 Å². The van der Waals surface area contributed by atoms with E-state index >= 15 is 0 Å². The number of likely N-dealkylation sites (N-methyl/N-ethyl adjacent to an activating group) is 1. The predicted molar refractivity (Wildman–Crippen MR) is 64.3 cm³/mol. The summed E-state index contributed by atoms with van der Waals surface area (Å²) >= 11 is 0. The van der Waals surface area contributed by atoms with E-state index in [2.05, 4.69) is 38.2 Å². The van der Waals surface area contributed by atoms with Crippen molar-refractivity contribution >= 4 is 0 Å². The third-order valence-electron chi connectivity index (χ3n) is 2.94. The normalized spacial score (nSPS) is 12.9. The molecule has 0 saturated carbocycles.